The van der Waals surface area contributed by atoms with E-state index >= 15 is 0 Å². The first-order valence-electron chi connectivity index (χ1n) is 5.86. The van der Waals surface area contributed by atoms with E-state index in [1.165, 1.54) is 0 Å². The van der Waals surface area contributed by atoms with Crippen LogP contribution in [0.15, 0.2) is 30.5 Å². The Bertz CT molecular complexity index is 579. The molecule has 1 heterocycles. The van der Waals surface area contributed by atoms with Crippen LogP contribution in [-0.4, -0.2) is 31.7 Å². The van der Waals surface area contributed by atoms with Gasteiger partial charge in [0.2, 0.25) is 0 Å². The number of anilines is 1. The number of hydrogen-bond acceptors (Lipinski definition) is 4. The predicted octanol–water partition coefficient (Wildman–Crippen LogP) is 2.48. The van der Waals surface area contributed by atoms with Gasteiger partial charge in [-0.25, -0.2) is 4.79 Å². The molecule has 0 unspecified atom stereocenters. The van der Waals surface area contributed by atoms with Gasteiger partial charge in [-0.2, -0.15) is 0 Å². The molecule has 0 aliphatic heterocycles. The minimum Gasteiger partial charge on any atom is -0.462 e. The molecular formula is C14H16N2O2. The summed E-state index contributed by atoms with van der Waals surface area (Å²) in [7, 11) is 3.95. The van der Waals surface area contributed by atoms with Crippen LogP contribution in [0.4, 0.5) is 5.69 Å². The minimum absolute atomic E-state index is 0.331. The quantitative estimate of drug-likeness (QED) is 0.778. The van der Waals surface area contributed by atoms with Gasteiger partial charge in [-0.15, -0.1) is 0 Å². The molecule has 0 atom stereocenters. The lowest BCUT2D eigenvalue weighted by atomic mass is 10.1. The maximum absolute atomic E-state index is 11.6. The van der Waals surface area contributed by atoms with Crippen molar-refractivity contribution in [2.24, 2.45) is 0 Å². The lowest BCUT2D eigenvalue weighted by Crippen LogP contribution is -2.08. The molecule has 0 saturated carbocycles. The molecule has 94 valence electrons. The largest absolute Gasteiger partial charge is 0.462 e. The molecule has 2 rings (SSSR count). The van der Waals surface area contributed by atoms with Crippen LogP contribution in [0.2, 0.25) is 0 Å². The van der Waals surface area contributed by atoms with Crippen LogP contribution in [0, 0.1) is 0 Å². The number of fused-ring (bicyclic) bond motifs is 1. The Labute approximate surface area is 106 Å². The second-order valence-corrected chi connectivity index (χ2v) is 4.22. The Morgan fingerprint density at radius 2 is 2.11 bits per heavy atom. The molecule has 0 N–H and O–H groups in total. The van der Waals surface area contributed by atoms with E-state index in [1.807, 2.05) is 43.3 Å². The van der Waals surface area contributed by atoms with Crippen LogP contribution in [0.1, 0.15) is 17.3 Å². The summed E-state index contributed by atoms with van der Waals surface area (Å²) >= 11 is 0. The average molecular weight is 244 g/mol. The fourth-order valence-corrected chi connectivity index (χ4v) is 1.72. The Morgan fingerprint density at radius 1 is 1.33 bits per heavy atom. The minimum atomic E-state index is -0.331. The highest BCUT2D eigenvalue weighted by molar-refractivity contribution is 5.94. The average Bonchev–Trinajstić information content (AvgIpc) is 2.37. The maximum Gasteiger partial charge on any atom is 0.339 e. The van der Waals surface area contributed by atoms with Gasteiger partial charge in [-0.3, -0.25) is 4.98 Å². The summed E-state index contributed by atoms with van der Waals surface area (Å²) in [5.74, 6) is -0.331. The van der Waals surface area contributed by atoms with E-state index in [2.05, 4.69) is 4.98 Å². The third-order valence-electron chi connectivity index (χ3n) is 2.69. The molecule has 4 nitrogen and oxygen atoms in total. The molecule has 1 aromatic heterocycles. The number of benzene rings is 1. The summed E-state index contributed by atoms with van der Waals surface area (Å²) in [6.07, 6.45) is 1.55. The van der Waals surface area contributed by atoms with Crippen molar-refractivity contribution in [2.75, 3.05) is 25.6 Å². The zero-order chi connectivity index (χ0) is 13.1. The number of ether oxygens (including phenoxy) is 1. The molecule has 1 aromatic carbocycles. The van der Waals surface area contributed by atoms with Crippen LogP contribution < -0.4 is 4.90 Å². The fourth-order valence-electron chi connectivity index (χ4n) is 1.72. The van der Waals surface area contributed by atoms with E-state index in [1.54, 1.807) is 13.1 Å². The number of aromatic nitrogens is 1. The maximum atomic E-state index is 11.6. The molecular weight excluding hydrogens is 228 g/mol. The Kier molecular flexibility index (Phi) is 3.46. The van der Waals surface area contributed by atoms with E-state index in [9.17, 15) is 4.79 Å². The zero-order valence-electron chi connectivity index (χ0n) is 10.8. The topological polar surface area (TPSA) is 42.4 Å². The van der Waals surface area contributed by atoms with E-state index in [4.69, 9.17) is 4.74 Å². The number of carbonyl (C=O) groups excluding carboxylic acids is 1. The fraction of sp³-hybridized carbons (Fsp3) is 0.286. The van der Waals surface area contributed by atoms with E-state index < -0.39 is 0 Å². The summed E-state index contributed by atoms with van der Waals surface area (Å²) in [6.45, 7) is 2.16. The summed E-state index contributed by atoms with van der Waals surface area (Å²) in [5.41, 5.74) is 2.43. The normalized spacial score (nSPS) is 10.4. The number of hydrogen-bond donors (Lipinski definition) is 0. The second-order valence-electron chi connectivity index (χ2n) is 4.22. The van der Waals surface area contributed by atoms with Crippen molar-refractivity contribution >= 4 is 22.6 Å². The second kappa shape index (κ2) is 5.04. The standard InChI is InChI=1S/C14H16N2O2/c1-4-18-14(17)11-7-10-8-12(16(2)3)5-6-13(10)15-9-11/h5-9H,4H2,1-3H3. The number of pyridine rings is 1. The summed E-state index contributed by atoms with van der Waals surface area (Å²) < 4.78 is 4.97. The Morgan fingerprint density at radius 3 is 2.78 bits per heavy atom. The van der Waals surface area contributed by atoms with Crippen LogP contribution >= 0.6 is 0 Å². The van der Waals surface area contributed by atoms with Crippen molar-refractivity contribution in [1.82, 2.24) is 4.98 Å². The van der Waals surface area contributed by atoms with Gasteiger partial charge in [0.25, 0.3) is 0 Å². The van der Waals surface area contributed by atoms with Gasteiger partial charge in [0.1, 0.15) is 0 Å². The van der Waals surface area contributed by atoms with Crippen molar-refractivity contribution in [3.63, 3.8) is 0 Å². The molecule has 0 spiro atoms. The third-order valence-corrected chi connectivity index (χ3v) is 2.69. The first-order chi connectivity index (χ1) is 8.61. The molecule has 0 saturated heterocycles. The summed E-state index contributed by atoms with van der Waals surface area (Å²) in [6, 6.07) is 7.76. The molecule has 0 aliphatic rings. The zero-order valence-corrected chi connectivity index (χ0v) is 10.8. The third kappa shape index (κ3) is 2.42. The van der Waals surface area contributed by atoms with Gasteiger partial charge in [-0.1, -0.05) is 0 Å². The van der Waals surface area contributed by atoms with Crippen LogP contribution in [0.25, 0.3) is 10.9 Å². The number of carbonyl (C=O) groups is 1. The van der Waals surface area contributed by atoms with Crippen molar-refractivity contribution in [3.05, 3.63) is 36.0 Å². The lowest BCUT2D eigenvalue weighted by Gasteiger charge is -2.13. The Balaban J connectivity index is 2.45. The number of esters is 1. The van der Waals surface area contributed by atoms with Crippen molar-refractivity contribution in [3.8, 4) is 0 Å². The Hall–Kier alpha value is -2.10. The monoisotopic (exact) mass is 244 g/mol. The summed E-state index contributed by atoms with van der Waals surface area (Å²) in [5, 5.41) is 0.937. The van der Waals surface area contributed by atoms with Gasteiger partial charge in [0.05, 0.1) is 17.7 Å². The van der Waals surface area contributed by atoms with Gasteiger partial charge in [0.15, 0.2) is 0 Å². The van der Waals surface area contributed by atoms with Gasteiger partial charge in [0, 0.05) is 31.4 Å². The predicted molar refractivity (Wildman–Crippen MR) is 72.0 cm³/mol. The highest BCUT2D eigenvalue weighted by atomic mass is 16.5. The van der Waals surface area contributed by atoms with Crippen LogP contribution in [0.3, 0.4) is 0 Å². The SMILES string of the molecule is CCOC(=O)c1cnc2ccc(N(C)C)cc2c1. The van der Waals surface area contributed by atoms with Gasteiger partial charge in [-0.05, 0) is 31.2 Å². The molecule has 0 fully saturated rings. The number of nitrogens with zero attached hydrogens (tertiary/aromatic N) is 2. The number of rotatable bonds is 3. The molecule has 0 bridgehead atoms. The molecule has 0 radical (unpaired) electrons. The smallest absolute Gasteiger partial charge is 0.339 e. The molecule has 18 heavy (non-hydrogen) atoms. The van der Waals surface area contributed by atoms with Gasteiger partial charge < -0.3 is 9.64 Å². The molecule has 0 aliphatic carbocycles. The molecule has 4 heteroatoms. The molecule has 0 amide bonds. The van der Waals surface area contributed by atoms with Gasteiger partial charge >= 0.3 is 5.97 Å². The highest BCUT2D eigenvalue weighted by Gasteiger charge is 2.08. The van der Waals surface area contributed by atoms with Crippen molar-refractivity contribution < 1.29 is 9.53 Å². The summed E-state index contributed by atoms with van der Waals surface area (Å²) in [4.78, 5) is 17.9. The first kappa shape index (κ1) is 12.4. The van der Waals surface area contributed by atoms with E-state index in [0.29, 0.717) is 12.2 Å². The van der Waals surface area contributed by atoms with Crippen LogP contribution in [-0.2, 0) is 4.74 Å². The van der Waals surface area contributed by atoms with Crippen LogP contribution in [0.5, 0.6) is 0 Å². The van der Waals surface area contributed by atoms with Crippen molar-refractivity contribution in [2.45, 2.75) is 6.92 Å². The first-order valence-corrected chi connectivity index (χ1v) is 5.86. The highest BCUT2D eigenvalue weighted by Crippen LogP contribution is 2.20. The van der Waals surface area contributed by atoms with E-state index in [-0.39, 0.29) is 5.97 Å². The lowest BCUT2D eigenvalue weighted by molar-refractivity contribution is 0.0526. The van der Waals surface area contributed by atoms with E-state index in [0.717, 1.165) is 16.6 Å². The van der Waals surface area contributed by atoms with Crippen molar-refractivity contribution in [1.29, 1.82) is 0 Å². The molecule has 2 aromatic rings.